The third kappa shape index (κ3) is 4.70. The maximum absolute atomic E-state index is 13.4. The second-order valence-corrected chi connectivity index (χ2v) is 9.41. The van der Waals surface area contributed by atoms with Crippen molar-refractivity contribution in [3.63, 3.8) is 0 Å². The number of likely N-dealkylation sites (tertiary alicyclic amines) is 1. The van der Waals surface area contributed by atoms with Gasteiger partial charge in [-0.05, 0) is 55.3 Å². The maximum atomic E-state index is 13.4. The highest BCUT2D eigenvalue weighted by Gasteiger charge is 2.46. The molecule has 3 heterocycles. The third-order valence-electron chi connectivity index (χ3n) is 6.96. The van der Waals surface area contributed by atoms with E-state index in [4.69, 9.17) is 14.2 Å². The Labute approximate surface area is 211 Å². The molecule has 2 fully saturated rings. The average Bonchev–Trinajstić information content (AvgIpc) is 3.38. The van der Waals surface area contributed by atoms with Crippen molar-refractivity contribution in [3.05, 3.63) is 64.7 Å². The molecule has 0 spiro atoms. The van der Waals surface area contributed by atoms with Crippen LogP contribution in [0, 0.1) is 0 Å². The van der Waals surface area contributed by atoms with Gasteiger partial charge in [0.2, 0.25) is 0 Å². The first kappa shape index (κ1) is 24.3. The van der Waals surface area contributed by atoms with E-state index in [0.29, 0.717) is 44.2 Å². The Morgan fingerprint density at radius 3 is 2.69 bits per heavy atom. The quantitative estimate of drug-likeness (QED) is 0.361. The first-order valence-electron chi connectivity index (χ1n) is 12.6. The molecular weight excluding hydrogens is 460 g/mol. The van der Waals surface area contributed by atoms with Gasteiger partial charge in [0.05, 0.1) is 31.4 Å². The second-order valence-electron chi connectivity index (χ2n) is 9.41. The molecular formula is C28H32N2O6. The number of carbonyl (C=O) groups excluding carboxylic acids is 2. The number of ether oxygens (including phenoxy) is 3. The average molecular weight is 493 g/mol. The summed E-state index contributed by atoms with van der Waals surface area (Å²) < 4.78 is 16.9. The molecule has 0 saturated carbocycles. The fourth-order valence-electron chi connectivity index (χ4n) is 5.20. The summed E-state index contributed by atoms with van der Waals surface area (Å²) >= 11 is 0. The molecule has 36 heavy (non-hydrogen) atoms. The number of rotatable bonds is 7. The maximum Gasteiger partial charge on any atom is 0.295 e. The predicted molar refractivity (Wildman–Crippen MR) is 134 cm³/mol. The van der Waals surface area contributed by atoms with Gasteiger partial charge in [-0.2, -0.15) is 0 Å². The smallest absolute Gasteiger partial charge is 0.295 e. The van der Waals surface area contributed by atoms with Crippen LogP contribution in [-0.2, 0) is 20.7 Å². The normalized spacial score (nSPS) is 23.6. The Bertz CT molecular complexity index is 1190. The molecule has 0 radical (unpaired) electrons. The fraction of sp³-hybridized carbons (Fsp3) is 0.429. The molecule has 3 aliphatic rings. The van der Waals surface area contributed by atoms with E-state index in [1.165, 1.54) is 0 Å². The summed E-state index contributed by atoms with van der Waals surface area (Å²) in [6.45, 7) is 8.24. The van der Waals surface area contributed by atoms with E-state index in [0.717, 1.165) is 36.4 Å². The number of aliphatic hydroxyl groups is 1. The Kier molecular flexibility index (Phi) is 6.98. The second kappa shape index (κ2) is 10.3. The van der Waals surface area contributed by atoms with E-state index in [9.17, 15) is 14.7 Å². The summed E-state index contributed by atoms with van der Waals surface area (Å²) in [5, 5.41) is 11.4. The van der Waals surface area contributed by atoms with Crippen LogP contribution in [0.15, 0.2) is 48.0 Å². The lowest BCUT2D eigenvalue weighted by atomic mass is 9.94. The van der Waals surface area contributed by atoms with Crippen molar-refractivity contribution < 1.29 is 28.9 Å². The van der Waals surface area contributed by atoms with Crippen molar-refractivity contribution in [1.29, 1.82) is 0 Å². The minimum absolute atomic E-state index is 0.0597. The van der Waals surface area contributed by atoms with E-state index in [2.05, 4.69) is 4.90 Å². The number of morpholine rings is 1. The molecule has 2 saturated heterocycles. The van der Waals surface area contributed by atoms with Gasteiger partial charge in [0, 0.05) is 38.2 Å². The van der Waals surface area contributed by atoms with Crippen LogP contribution < -0.4 is 9.47 Å². The van der Waals surface area contributed by atoms with Crippen molar-refractivity contribution in [3.8, 4) is 11.5 Å². The van der Waals surface area contributed by atoms with Crippen LogP contribution in [0.3, 0.4) is 0 Å². The number of hydrogen-bond acceptors (Lipinski definition) is 7. The monoisotopic (exact) mass is 492 g/mol. The molecule has 0 aliphatic carbocycles. The third-order valence-corrected chi connectivity index (χ3v) is 6.96. The molecule has 0 aromatic heterocycles. The molecule has 2 atom stereocenters. The number of carbonyl (C=O) groups is 2. The summed E-state index contributed by atoms with van der Waals surface area (Å²) in [6, 6.07) is 12.1. The summed E-state index contributed by atoms with van der Waals surface area (Å²) in [5.41, 5.74) is 2.30. The van der Waals surface area contributed by atoms with Crippen molar-refractivity contribution in [1.82, 2.24) is 9.80 Å². The SMILES string of the molecule is CCOc1cccc([C@H]2C(=C(O)c3ccc4c(c3)C[C@H](C)O4)C(=O)C(=O)N2CCN2CCOCC2)c1. The van der Waals surface area contributed by atoms with Gasteiger partial charge in [-0.15, -0.1) is 0 Å². The molecule has 8 nitrogen and oxygen atoms in total. The van der Waals surface area contributed by atoms with Gasteiger partial charge in [-0.25, -0.2) is 0 Å². The highest BCUT2D eigenvalue weighted by atomic mass is 16.5. The number of fused-ring (bicyclic) bond motifs is 1. The number of hydrogen-bond donors (Lipinski definition) is 1. The zero-order chi connectivity index (χ0) is 25.2. The number of amides is 1. The zero-order valence-corrected chi connectivity index (χ0v) is 20.7. The molecule has 0 bridgehead atoms. The lowest BCUT2D eigenvalue weighted by Crippen LogP contribution is -2.42. The van der Waals surface area contributed by atoms with E-state index < -0.39 is 17.7 Å². The van der Waals surface area contributed by atoms with Crippen LogP contribution in [0.2, 0.25) is 0 Å². The number of Topliss-reactive ketones (excluding diaryl/α,β-unsaturated/α-hetero) is 1. The van der Waals surface area contributed by atoms with Gasteiger partial charge in [-0.1, -0.05) is 12.1 Å². The molecule has 190 valence electrons. The predicted octanol–water partition coefficient (Wildman–Crippen LogP) is 3.16. The minimum atomic E-state index is -0.713. The van der Waals surface area contributed by atoms with Crippen molar-refractivity contribution in [2.75, 3.05) is 46.0 Å². The number of aliphatic hydroxyl groups excluding tert-OH is 1. The van der Waals surface area contributed by atoms with Gasteiger partial charge in [0.25, 0.3) is 11.7 Å². The van der Waals surface area contributed by atoms with Crippen molar-refractivity contribution >= 4 is 17.4 Å². The van der Waals surface area contributed by atoms with E-state index in [-0.39, 0.29) is 17.4 Å². The summed E-state index contributed by atoms with van der Waals surface area (Å²) in [4.78, 5) is 30.4. The molecule has 1 N–H and O–H groups in total. The summed E-state index contributed by atoms with van der Waals surface area (Å²) in [7, 11) is 0. The molecule has 8 heteroatoms. The first-order chi connectivity index (χ1) is 17.5. The van der Waals surface area contributed by atoms with Crippen molar-refractivity contribution in [2.24, 2.45) is 0 Å². The summed E-state index contributed by atoms with van der Waals surface area (Å²) in [5.74, 6) is -0.0130. The molecule has 0 unspecified atom stereocenters. The lowest BCUT2D eigenvalue weighted by Gasteiger charge is -2.31. The Balaban J connectivity index is 1.54. The van der Waals surface area contributed by atoms with E-state index >= 15 is 0 Å². The first-order valence-corrected chi connectivity index (χ1v) is 12.6. The fourth-order valence-corrected chi connectivity index (χ4v) is 5.20. The highest BCUT2D eigenvalue weighted by Crippen LogP contribution is 2.41. The van der Waals surface area contributed by atoms with Crippen LogP contribution in [0.25, 0.3) is 5.76 Å². The van der Waals surface area contributed by atoms with Crippen LogP contribution in [0.1, 0.15) is 36.6 Å². The summed E-state index contributed by atoms with van der Waals surface area (Å²) in [6.07, 6.45) is 0.786. The molecule has 2 aromatic rings. The van der Waals surface area contributed by atoms with Gasteiger partial charge in [0.15, 0.2) is 0 Å². The van der Waals surface area contributed by atoms with Crippen LogP contribution in [0.5, 0.6) is 11.5 Å². The lowest BCUT2D eigenvalue weighted by molar-refractivity contribution is -0.140. The largest absolute Gasteiger partial charge is 0.507 e. The Hall–Kier alpha value is -3.36. The number of nitrogens with zero attached hydrogens (tertiary/aromatic N) is 2. The van der Waals surface area contributed by atoms with Crippen molar-refractivity contribution in [2.45, 2.75) is 32.4 Å². The minimum Gasteiger partial charge on any atom is -0.507 e. The van der Waals surface area contributed by atoms with Crippen LogP contribution in [0.4, 0.5) is 0 Å². The number of benzene rings is 2. The van der Waals surface area contributed by atoms with Gasteiger partial charge in [-0.3, -0.25) is 14.5 Å². The highest BCUT2D eigenvalue weighted by molar-refractivity contribution is 6.46. The zero-order valence-electron chi connectivity index (χ0n) is 20.7. The molecule has 1 amide bonds. The van der Waals surface area contributed by atoms with E-state index in [1.54, 1.807) is 11.0 Å². The van der Waals surface area contributed by atoms with Crippen LogP contribution >= 0.6 is 0 Å². The van der Waals surface area contributed by atoms with E-state index in [1.807, 2.05) is 50.2 Å². The Morgan fingerprint density at radius 2 is 1.92 bits per heavy atom. The standard InChI is InChI=1S/C28H32N2O6/c1-3-35-22-6-4-5-19(17-22)25-24(26(31)20-7-8-23-21(16-20)15-18(2)36-23)27(32)28(33)30(25)10-9-29-11-13-34-14-12-29/h4-8,16-18,25,31H,3,9-15H2,1-2H3/t18-,25-/m0/s1. The number of ketones is 1. The topological polar surface area (TPSA) is 88.5 Å². The molecule has 2 aromatic carbocycles. The van der Waals surface area contributed by atoms with Gasteiger partial charge >= 0.3 is 0 Å². The molecule has 3 aliphatic heterocycles. The molecule has 5 rings (SSSR count). The van der Waals surface area contributed by atoms with Gasteiger partial charge < -0.3 is 24.2 Å². The van der Waals surface area contributed by atoms with Gasteiger partial charge in [0.1, 0.15) is 23.4 Å². The Morgan fingerprint density at radius 1 is 1.11 bits per heavy atom. The van der Waals surface area contributed by atoms with Crippen LogP contribution in [-0.4, -0.2) is 78.7 Å².